The van der Waals surface area contributed by atoms with E-state index in [4.69, 9.17) is 0 Å². The molecule has 0 saturated carbocycles. The average molecular weight is 586 g/mol. The molecule has 2 aliphatic rings. The Morgan fingerprint density at radius 1 is 0.912 bits per heavy atom. The van der Waals surface area contributed by atoms with Crippen molar-refractivity contribution in [1.29, 1.82) is 0 Å². The number of aliphatic hydroxyl groups excluding tert-OH is 2. The third-order valence-corrected chi connectivity index (χ3v) is 6.82. The fourth-order valence-corrected chi connectivity index (χ4v) is 5.08. The molecule has 0 bridgehead atoms. The number of aromatic nitrogens is 1. The lowest BCUT2D eigenvalue weighted by Gasteiger charge is -2.13. The maximum atomic E-state index is 12.2. The first-order chi connectivity index (χ1) is 16.4. The lowest BCUT2D eigenvalue weighted by Crippen LogP contribution is -2.20. The summed E-state index contributed by atoms with van der Waals surface area (Å²) in [6, 6.07) is 18.3. The fraction of sp³-hybridized carbons (Fsp3) is 0.120. The van der Waals surface area contributed by atoms with Crippen molar-refractivity contribution in [1.82, 2.24) is 10.3 Å². The molecule has 0 aliphatic carbocycles. The number of esters is 1. The van der Waals surface area contributed by atoms with Crippen LogP contribution < -0.4 is 5.32 Å². The number of hydrogen-bond donors (Lipinski definition) is 4. The number of H-pyrrole nitrogens is 1. The molecule has 4 aromatic rings. The molecule has 3 aromatic carbocycles. The van der Waals surface area contributed by atoms with Gasteiger partial charge in [-0.25, -0.2) is 4.79 Å². The van der Waals surface area contributed by atoms with E-state index in [-0.39, 0.29) is 18.6 Å². The van der Waals surface area contributed by atoms with Crippen LogP contribution in [0.2, 0.25) is 0 Å². The quantitative estimate of drug-likeness (QED) is 0.251. The van der Waals surface area contributed by atoms with Crippen LogP contribution in [0.4, 0.5) is 0 Å². The zero-order valence-electron chi connectivity index (χ0n) is 17.5. The minimum Gasteiger partial charge on any atom is -0.428 e. The van der Waals surface area contributed by atoms with Gasteiger partial charge in [0.2, 0.25) is 6.29 Å². The summed E-state index contributed by atoms with van der Waals surface area (Å²) < 4.78 is 6.33. The van der Waals surface area contributed by atoms with Gasteiger partial charge in [0.15, 0.2) is 0 Å². The first-order valence-electron chi connectivity index (χ1n) is 10.4. The number of cyclic esters (lactones) is 1. The van der Waals surface area contributed by atoms with E-state index in [9.17, 15) is 19.8 Å². The molecule has 0 fully saturated rings. The van der Waals surface area contributed by atoms with Crippen molar-refractivity contribution < 1.29 is 24.5 Å². The number of aliphatic hydroxyl groups is 2. The number of halogens is 2. The van der Waals surface area contributed by atoms with Crippen LogP contribution in [-0.2, 0) is 11.3 Å². The van der Waals surface area contributed by atoms with Crippen LogP contribution in [0.25, 0.3) is 10.9 Å². The molecule has 3 heterocycles. The lowest BCUT2D eigenvalue weighted by molar-refractivity contribution is -0.0548. The molecule has 2 unspecified atom stereocenters. The fourth-order valence-electron chi connectivity index (χ4n) is 4.32. The Bertz CT molecular complexity index is 1450. The monoisotopic (exact) mass is 584 g/mol. The highest BCUT2D eigenvalue weighted by Crippen LogP contribution is 2.38. The first kappa shape index (κ1) is 22.8. The second-order valence-electron chi connectivity index (χ2n) is 7.85. The zero-order chi connectivity index (χ0) is 24.0. The van der Waals surface area contributed by atoms with Crippen LogP contribution in [-0.4, -0.2) is 27.1 Å². The van der Waals surface area contributed by atoms with E-state index in [2.05, 4.69) is 46.9 Å². The smallest absolute Gasteiger partial charge is 0.341 e. The standard InChI is InChI=1S/C17H13BrN2O2.C8H5BrO3/c18-9-5-6-10-12(7-9)16(20-17(10)22)15-11-3-1-2-4-13(11)19-14(15)8-21;9-4-1-2-5-6(3-4)8(11)12-7(5)10/h1-7,16,19,21H,8H2,(H,20,22);1-3,8,11H. The highest BCUT2D eigenvalue weighted by atomic mass is 79.9. The molecule has 1 amide bonds. The SMILES string of the molecule is O=C1NC(c2c(CO)[nH]c3ccccc23)c2cc(Br)ccc21.O=C1OC(O)c2cc(Br)ccc21. The molecule has 6 rings (SSSR count). The van der Waals surface area contributed by atoms with E-state index in [1.807, 2.05) is 42.5 Å². The van der Waals surface area contributed by atoms with Crippen LogP contribution in [0, 0.1) is 0 Å². The number of aromatic amines is 1. The number of benzene rings is 3. The number of nitrogens with one attached hydrogen (secondary N) is 2. The molecule has 4 N–H and O–H groups in total. The van der Waals surface area contributed by atoms with E-state index in [1.54, 1.807) is 18.2 Å². The second-order valence-corrected chi connectivity index (χ2v) is 9.68. The van der Waals surface area contributed by atoms with Gasteiger partial charge in [0.1, 0.15) is 0 Å². The van der Waals surface area contributed by atoms with Crippen LogP contribution in [0.5, 0.6) is 0 Å². The van der Waals surface area contributed by atoms with Gasteiger partial charge in [-0.3, -0.25) is 4.79 Å². The van der Waals surface area contributed by atoms with E-state index >= 15 is 0 Å². The summed E-state index contributed by atoms with van der Waals surface area (Å²) in [5.41, 5.74) is 5.20. The van der Waals surface area contributed by atoms with Gasteiger partial charge in [0.05, 0.1) is 18.2 Å². The van der Waals surface area contributed by atoms with Gasteiger partial charge in [-0.2, -0.15) is 0 Å². The summed E-state index contributed by atoms with van der Waals surface area (Å²) >= 11 is 6.70. The van der Waals surface area contributed by atoms with Gasteiger partial charge < -0.3 is 25.3 Å². The molecular formula is C25H18Br2N2O5. The number of carbonyl (C=O) groups excluding carboxylic acids is 2. The van der Waals surface area contributed by atoms with Crippen LogP contribution >= 0.6 is 31.9 Å². The van der Waals surface area contributed by atoms with Gasteiger partial charge in [0, 0.05) is 42.2 Å². The summed E-state index contributed by atoms with van der Waals surface area (Å²) in [6.07, 6.45) is -1.11. The van der Waals surface area contributed by atoms with E-state index in [0.717, 1.165) is 36.7 Å². The van der Waals surface area contributed by atoms with Gasteiger partial charge in [-0.1, -0.05) is 50.1 Å². The summed E-state index contributed by atoms with van der Waals surface area (Å²) in [6.45, 7) is -0.0975. The van der Waals surface area contributed by atoms with E-state index < -0.39 is 12.3 Å². The third kappa shape index (κ3) is 3.94. The number of fused-ring (bicyclic) bond motifs is 3. The number of ether oxygens (including phenoxy) is 1. The lowest BCUT2D eigenvalue weighted by atomic mass is 9.96. The van der Waals surface area contributed by atoms with Crippen molar-refractivity contribution in [2.45, 2.75) is 18.9 Å². The van der Waals surface area contributed by atoms with Gasteiger partial charge in [-0.15, -0.1) is 0 Å². The molecule has 7 nitrogen and oxygen atoms in total. The predicted octanol–water partition coefficient (Wildman–Crippen LogP) is 4.87. The molecule has 9 heteroatoms. The number of carbonyl (C=O) groups is 2. The molecule has 172 valence electrons. The zero-order valence-corrected chi connectivity index (χ0v) is 20.7. The van der Waals surface area contributed by atoms with E-state index in [0.29, 0.717) is 16.7 Å². The number of hydrogen-bond acceptors (Lipinski definition) is 5. The number of rotatable bonds is 2. The second kappa shape index (κ2) is 8.99. The summed E-state index contributed by atoms with van der Waals surface area (Å²) in [4.78, 5) is 26.4. The average Bonchev–Trinajstić information content (AvgIpc) is 3.44. The van der Waals surface area contributed by atoms with Crippen molar-refractivity contribution in [2.75, 3.05) is 0 Å². The summed E-state index contributed by atoms with van der Waals surface area (Å²) in [5.74, 6) is -0.549. The Kier molecular flexibility index (Phi) is 6.03. The highest BCUT2D eigenvalue weighted by Gasteiger charge is 2.33. The Balaban J connectivity index is 0.000000169. The van der Waals surface area contributed by atoms with Gasteiger partial charge in [0.25, 0.3) is 5.91 Å². The maximum absolute atomic E-state index is 12.2. The Labute approximate surface area is 211 Å². The van der Waals surface area contributed by atoms with Crippen molar-refractivity contribution >= 4 is 54.6 Å². The highest BCUT2D eigenvalue weighted by molar-refractivity contribution is 9.10. The molecule has 34 heavy (non-hydrogen) atoms. The van der Waals surface area contributed by atoms with Crippen LogP contribution in [0.15, 0.2) is 69.6 Å². The molecule has 0 radical (unpaired) electrons. The normalized spacial score (nSPS) is 18.1. The predicted molar refractivity (Wildman–Crippen MR) is 132 cm³/mol. The molecule has 1 aromatic heterocycles. The van der Waals surface area contributed by atoms with Gasteiger partial charge >= 0.3 is 5.97 Å². The first-order valence-corrected chi connectivity index (χ1v) is 11.9. The topological polar surface area (TPSA) is 112 Å². The van der Waals surface area contributed by atoms with Crippen LogP contribution in [0.3, 0.4) is 0 Å². The minimum absolute atomic E-state index is 0.0818. The molecule has 2 aliphatic heterocycles. The Morgan fingerprint density at radius 2 is 1.59 bits per heavy atom. The number of para-hydroxylation sites is 1. The molecule has 2 atom stereocenters. The van der Waals surface area contributed by atoms with Crippen molar-refractivity contribution in [3.8, 4) is 0 Å². The van der Waals surface area contributed by atoms with E-state index in [1.165, 1.54) is 0 Å². The van der Waals surface area contributed by atoms with Crippen molar-refractivity contribution in [3.63, 3.8) is 0 Å². The Morgan fingerprint density at radius 3 is 2.32 bits per heavy atom. The summed E-state index contributed by atoms with van der Waals surface area (Å²) in [7, 11) is 0. The van der Waals surface area contributed by atoms with Crippen molar-refractivity contribution in [3.05, 3.63) is 103 Å². The van der Waals surface area contributed by atoms with Crippen molar-refractivity contribution in [2.24, 2.45) is 0 Å². The largest absolute Gasteiger partial charge is 0.428 e. The third-order valence-electron chi connectivity index (χ3n) is 5.84. The van der Waals surface area contributed by atoms with Gasteiger partial charge in [-0.05, 0) is 48.0 Å². The number of amides is 1. The molecular weight excluding hydrogens is 568 g/mol. The minimum atomic E-state index is -1.11. The Hall–Kier alpha value is -2.98. The maximum Gasteiger partial charge on any atom is 0.341 e. The molecule has 0 spiro atoms. The molecule has 0 saturated heterocycles. The van der Waals surface area contributed by atoms with Crippen LogP contribution in [0.1, 0.15) is 55.4 Å². The summed E-state index contributed by atoms with van der Waals surface area (Å²) in [5, 5.41) is 23.0.